The Morgan fingerprint density at radius 1 is 1.38 bits per heavy atom. The second-order valence-electron chi connectivity index (χ2n) is 2.57. The molecule has 0 aliphatic carbocycles. The van der Waals surface area contributed by atoms with Crippen LogP contribution in [0.4, 0.5) is 0 Å². The van der Waals surface area contributed by atoms with E-state index in [1.165, 1.54) is 0 Å². The molecule has 68 valence electrons. The summed E-state index contributed by atoms with van der Waals surface area (Å²) in [6.07, 6.45) is -0.438. The van der Waals surface area contributed by atoms with Gasteiger partial charge in [-0.05, 0) is 19.1 Å². The lowest BCUT2D eigenvalue weighted by Gasteiger charge is -2.08. The summed E-state index contributed by atoms with van der Waals surface area (Å²) in [6, 6.07) is 9.16. The molecule has 1 unspecified atom stereocenters. The molecule has 0 N–H and O–H groups in total. The van der Waals surface area contributed by atoms with E-state index in [1.54, 1.807) is 26.2 Å². The fourth-order valence-electron chi connectivity index (χ4n) is 0.905. The maximum absolute atomic E-state index is 8.52. The molecule has 1 rings (SSSR count). The predicted molar refractivity (Wildman–Crippen MR) is 48.7 cm³/mol. The zero-order chi connectivity index (χ0) is 9.68. The fraction of sp³-hybridized carbons (Fsp3) is 0.300. The van der Waals surface area contributed by atoms with Gasteiger partial charge in [0.2, 0.25) is 0 Å². The van der Waals surface area contributed by atoms with Gasteiger partial charge in [0.05, 0.1) is 7.11 Å². The van der Waals surface area contributed by atoms with Crippen molar-refractivity contribution in [2.45, 2.75) is 13.0 Å². The van der Waals surface area contributed by atoms with Crippen LogP contribution in [-0.2, 0) is 0 Å². The monoisotopic (exact) mass is 177 g/mol. The second-order valence-corrected chi connectivity index (χ2v) is 2.57. The van der Waals surface area contributed by atoms with Crippen molar-refractivity contribution in [2.24, 2.45) is 0 Å². The van der Waals surface area contributed by atoms with Crippen molar-refractivity contribution < 1.29 is 9.47 Å². The van der Waals surface area contributed by atoms with Crippen molar-refractivity contribution in [2.75, 3.05) is 7.11 Å². The average molecular weight is 177 g/mol. The third-order valence-electron chi connectivity index (χ3n) is 1.54. The summed E-state index contributed by atoms with van der Waals surface area (Å²) in [7, 11) is 1.59. The molecular formula is C10H11NO2. The van der Waals surface area contributed by atoms with E-state index in [0.29, 0.717) is 5.75 Å². The summed E-state index contributed by atoms with van der Waals surface area (Å²) in [5, 5.41) is 8.52. The molecule has 13 heavy (non-hydrogen) atoms. The molecule has 0 amide bonds. The molecule has 0 radical (unpaired) electrons. The Balaban J connectivity index is 2.73. The van der Waals surface area contributed by atoms with E-state index in [-0.39, 0.29) is 0 Å². The lowest BCUT2D eigenvalue weighted by Crippen LogP contribution is -2.07. The normalized spacial score (nSPS) is 11.5. The van der Waals surface area contributed by atoms with Crippen LogP contribution in [0.2, 0.25) is 0 Å². The van der Waals surface area contributed by atoms with E-state index < -0.39 is 6.10 Å². The van der Waals surface area contributed by atoms with Crippen LogP contribution in [0.3, 0.4) is 0 Å². The van der Waals surface area contributed by atoms with Gasteiger partial charge in [-0.15, -0.1) is 0 Å². The van der Waals surface area contributed by atoms with E-state index in [1.807, 2.05) is 18.2 Å². The van der Waals surface area contributed by atoms with Gasteiger partial charge >= 0.3 is 0 Å². The smallest absolute Gasteiger partial charge is 0.181 e. The largest absolute Gasteiger partial charge is 0.497 e. The Hall–Kier alpha value is -1.69. The highest BCUT2D eigenvalue weighted by Crippen LogP contribution is 2.19. The van der Waals surface area contributed by atoms with Crippen LogP contribution in [0, 0.1) is 11.3 Å². The highest BCUT2D eigenvalue weighted by molar-refractivity contribution is 5.33. The Morgan fingerprint density at radius 3 is 2.69 bits per heavy atom. The highest BCUT2D eigenvalue weighted by Gasteiger charge is 2.01. The molecule has 0 aliphatic heterocycles. The molecule has 0 saturated heterocycles. The van der Waals surface area contributed by atoms with Gasteiger partial charge in [-0.3, -0.25) is 0 Å². The van der Waals surface area contributed by atoms with Gasteiger partial charge in [0.25, 0.3) is 0 Å². The minimum absolute atomic E-state index is 0.438. The number of nitriles is 1. The van der Waals surface area contributed by atoms with Crippen LogP contribution in [0.5, 0.6) is 11.5 Å². The van der Waals surface area contributed by atoms with Crippen molar-refractivity contribution in [3.05, 3.63) is 24.3 Å². The number of nitrogens with zero attached hydrogens (tertiary/aromatic N) is 1. The average Bonchev–Trinajstić information content (AvgIpc) is 2.18. The Morgan fingerprint density at radius 2 is 2.08 bits per heavy atom. The van der Waals surface area contributed by atoms with Gasteiger partial charge in [0.15, 0.2) is 6.10 Å². The van der Waals surface area contributed by atoms with E-state index in [0.717, 1.165) is 5.75 Å². The van der Waals surface area contributed by atoms with E-state index in [9.17, 15) is 0 Å². The molecule has 3 heteroatoms. The van der Waals surface area contributed by atoms with Gasteiger partial charge in [-0.25, -0.2) is 0 Å². The number of methoxy groups -OCH3 is 1. The minimum atomic E-state index is -0.438. The SMILES string of the molecule is COc1cccc(OC(C)C#N)c1. The predicted octanol–water partition coefficient (Wildman–Crippen LogP) is 1.99. The van der Waals surface area contributed by atoms with Crippen LogP contribution in [0.15, 0.2) is 24.3 Å². The third kappa shape index (κ3) is 2.68. The highest BCUT2D eigenvalue weighted by atomic mass is 16.5. The lowest BCUT2D eigenvalue weighted by atomic mass is 10.3. The lowest BCUT2D eigenvalue weighted by molar-refractivity contribution is 0.275. The molecule has 0 saturated carbocycles. The van der Waals surface area contributed by atoms with Crippen LogP contribution < -0.4 is 9.47 Å². The molecule has 0 spiro atoms. The quantitative estimate of drug-likeness (QED) is 0.709. The topological polar surface area (TPSA) is 42.2 Å². The first kappa shape index (κ1) is 9.40. The molecule has 0 heterocycles. The van der Waals surface area contributed by atoms with Gasteiger partial charge in [0.1, 0.15) is 17.6 Å². The first-order valence-corrected chi connectivity index (χ1v) is 3.96. The Bertz CT molecular complexity index is 317. The molecule has 1 aromatic carbocycles. The molecule has 1 atom stereocenters. The number of ether oxygens (including phenoxy) is 2. The summed E-state index contributed by atoms with van der Waals surface area (Å²) in [5.74, 6) is 1.37. The van der Waals surface area contributed by atoms with Crippen LogP contribution >= 0.6 is 0 Å². The first-order valence-electron chi connectivity index (χ1n) is 3.96. The van der Waals surface area contributed by atoms with E-state index in [4.69, 9.17) is 14.7 Å². The number of rotatable bonds is 3. The zero-order valence-electron chi connectivity index (χ0n) is 7.65. The number of hydrogen-bond acceptors (Lipinski definition) is 3. The molecule has 1 aromatic rings. The summed E-state index contributed by atoms with van der Waals surface area (Å²) >= 11 is 0. The van der Waals surface area contributed by atoms with Crippen LogP contribution in [0.25, 0.3) is 0 Å². The standard InChI is InChI=1S/C10H11NO2/c1-8(7-11)13-10-5-3-4-9(6-10)12-2/h3-6,8H,1-2H3. The van der Waals surface area contributed by atoms with Crippen molar-refractivity contribution >= 4 is 0 Å². The van der Waals surface area contributed by atoms with Crippen LogP contribution in [-0.4, -0.2) is 13.2 Å². The maximum atomic E-state index is 8.52. The molecule has 0 aliphatic rings. The van der Waals surface area contributed by atoms with E-state index in [2.05, 4.69) is 0 Å². The van der Waals surface area contributed by atoms with Crippen molar-refractivity contribution in [1.29, 1.82) is 5.26 Å². The number of hydrogen-bond donors (Lipinski definition) is 0. The molecule has 0 aromatic heterocycles. The fourth-order valence-corrected chi connectivity index (χ4v) is 0.905. The van der Waals surface area contributed by atoms with Gasteiger partial charge in [-0.2, -0.15) is 5.26 Å². The molecule has 0 fully saturated rings. The van der Waals surface area contributed by atoms with Gasteiger partial charge in [-0.1, -0.05) is 6.07 Å². The zero-order valence-corrected chi connectivity index (χ0v) is 7.65. The summed E-state index contributed by atoms with van der Waals surface area (Å²) in [4.78, 5) is 0. The Labute approximate surface area is 77.5 Å². The Kier molecular flexibility index (Phi) is 3.15. The van der Waals surface area contributed by atoms with E-state index >= 15 is 0 Å². The second kappa shape index (κ2) is 4.36. The maximum Gasteiger partial charge on any atom is 0.181 e. The van der Waals surface area contributed by atoms with Gasteiger partial charge < -0.3 is 9.47 Å². The molecular weight excluding hydrogens is 166 g/mol. The minimum Gasteiger partial charge on any atom is -0.497 e. The molecule has 3 nitrogen and oxygen atoms in total. The first-order chi connectivity index (χ1) is 6.26. The van der Waals surface area contributed by atoms with Crippen LogP contribution in [0.1, 0.15) is 6.92 Å². The summed E-state index contributed by atoms with van der Waals surface area (Å²) < 4.78 is 10.3. The van der Waals surface area contributed by atoms with Crippen molar-refractivity contribution in [1.82, 2.24) is 0 Å². The molecule has 0 bridgehead atoms. The summed E-state index contributed by atoms with van der Waals surface area (Å²) in [5.41, 5.74) is 0. The van der Waals surface area contributed by atoms with Crippen molar-refractivity contribution in [3.63, 3.8) is 0 Å². The number of benzene rings is 1. The van der Waals surface area contributed by atoms with Crippen molar-refractivity contribution in [3.8, 4) is 17.6 Å². The van der Waals surface area contributed by atoms with Gasteiger partial charge in [0, 0.05) is 6.07 Å². The summed E-state index contributed by atoms with van der Waals surface area (Å²) in [6.45, 7) is 1.69. The third-order valence-corrected chi connectivity index (χ3v) is 1.54.